The van der Waals surface area contributed by atoms with E-state index in [1.165, 1.54) is 19.1 Å². The van der Waals surface area contributed by atoms with Gasteiger partial charge in [-0.15, -0.1) is 0 Å². The molecule has 0 aromatic heterocycles. The topological polar surface area (TPSA) is 79.3 Å². The van der Waals surface area contributed by atoms with Crippen LogP contribution in [-0.4, -0.2) is 45.1 Å². The lowest BCUT2D eigenvalue weighted by Gasteiger charge is -2.27. The van der Waals surface area contributed by atoms with E-state index in [2.05, 4.69) is 20.8 Å². The van der Waals surface area contributed by atoms with Crippen LogP contribution in [0.4, 0.5) is 11.4 Å². The van der Waals surface area contributed by atoms with Crippen molar-refractivity contribution in [2.24, 2.45) is 0 Å². The van der Waals surface area contributed by atoms with E-state index in [4.69, 9.17) is 9.47 Å². The molecule has 3 aromatic rings. The SMILES string of the molecule is COc1ccc(OC)c(/C(O)=C2\C(=O)C(=O)N(c3ccc(N(C)C)cc3)C2c2ccc(C(C)(C)C)cc2)c1. The Labute approximate surface area is 223 Å². The Morgan fingerprint density at radius 1 is 0.895 bits per heavy atom. The van der Waals surface area contributed by atoms with Crippen LogP contribution in [0.25, 0.3) is 5.76 Å². The first-order valence-electron chi connectivity index (χ1n) is 12.4. The lowest BCUT2D eigenvalue weighted by atomic mass is 9.85. The van der Waals surface area contributed by atoms with E-state index in [-0.39, 0.29) is 22.3 Å². The summed E-state index contributed by atoms with van der Waals surface area (Å²) in [5, 5.41) is 11.6. The first-order valence-corrected chi connectivity index (χ1v) is 12.4. The number of carbonyl (C=O) groups is 2. The molecule has 1 saturated heterocycles. The van der Waals surface area contributed by atoms with Crippen molar-refractivity contribution in [1.82, 2.24) is 0 Å². The van der Waals surface area contributed by atoms with E-state index in [1.807, 2.05) is 67.5 Å². The number of amides is 1. The standard InChI is InChI=1S/C31H34N2O5/c1-31(2,3)20-10-8-19(9-11-20)27-26(28(34)24-18-23(37-6)16-17-25(24)38-7)29(35)30(36)33(27)22-14-12-21(13-15-22)32(4)5/h8-18,27,34H,1-7H3/b28-26+. The first kappa shape index (κ1) is 26.8. The molecule has 1 atom stereocenters. The summed E-state index contributed by atoms with van der Waals surface area (Å²) in [6.45, 7) is 6.36. The van der Waals surface area contributed by atoms with Crippen LogP contribution in [0.3, 0.4) is 0 Å². The highest BCUT2D eigenvalue weighted by Crippen LogP contribution is 2.44. The van der Waals surface area contributed by atoms with Gasteiger partial charge in [0.05, 0.1) is 31.4 Å². The average Bonchev–Trinajstić information content (AvgIpc) is 3.17. The summed E-state index contributed by atoms with van der Waals surface area (Å²) >= 11 is 0. The fourth-order valence-corrected chi connectivity index (χ4v) is 4.64. The smallest absolute Gasteiger partial charge is 0.300 e. The zero-order chi connectivity index (χ0) is 27.8. The zero-order valence-electron chi connectivity index (χ0n) is 22.9. The molecule has 3 aromatic carbocycles. The third-order valence-corrected chi connectivity index (χ3v) is 6.84. The van der Waals surface area contributed by atoms with E-state index < -0.39 is 17.7 Å². The molecule has 0 aliphatic carbocycles. The van der Waals surface area contributed by atoms with Gasteiger partial charge in [0.1, 0.15) is 17.3 Å². The number of methoxy groups -OCH3 is 2. The van der Waals surface area contributed by atoms with Gasteiger partial charge in [0.25, 0.3) is 11.7 Å². The predicted molar refractivity (Wildman–Crippen MR) is 150 cm³/mol. The Balaban J connectivity index is 1.95. The van der Waals surface area contributed by atoms with Gasteiger partial charge in [-0.05, 0) is 59.0 Å². The average molecular weight is 515 g/mol. The van der Waals surface area contributed by atoms with Crippen molar-refractivity contribution in [2.45, 2.75) is 32.2 Å². The van der Waals surface area contributed by atoms with E-state index >= 15 is 0 Å². The van der Waals surface area contributed by atoms with Crippen molar-refractivity contribution in [3.63, 3.8) is 0 Å². The quantitative estimate of drug-likeness (QED) is 0.259. The Morgan fingerprint density at radius 3 is 2.05 bits per heavy atom. The number of benzene rings is 3. The molecule has 1 fully saturated rings. The van der Waals surface area contributed by atoms with E-state index in [0.717, 1.165) is 11.3 Å². The molecule has 7 heteroatoms. The van der Waals surface area contributed by atoms with Crippen molar-refractivity contribution in [3.8, 4) is 11.5 Å². The molecule has 1 N–H and O–H groups in total. The van der Waals surface area contributed by atoms with Crippen LogP contribution in [0.2, 0.25) is 0 Å². The maximum Gasteiger partial charge on any atom is 0.300 e. The summed E-state index contributed by atoms with van der Waals surface area (Å²) in [5.74, 6) is -0.972. The number of anilines is 2. The van der Waals surface area contributed by atoms with Crippen LogP contribution in [0.1, 0.15) is 43.5 Å². The third-order valence-electron chi connectivity index (χ3n) is 6.84. The lowest BCUT2D eigenvalue weighted by molar-refractivity contribution is -0.132. The summed E-state index contributed by atoms with van der Waals surface area (Å²) in [6.07, 6.45) is 0. The molecule has 1 unspecified atom stereocenters. The van der Waals surface area contributed by atoms with Crippen LogP contribution >= 0.6 is 0 Å². The lowest BCUT2D eigenvalue weighted by Crippen LogP contribution is -2.29. The van der Waals surface area contributed by atoms with Gasteiger partial charge in [0.15, 0.2) is 0 Å². The van der Waals surface area contributed by atoms with E-state index in [9.17, 15) is 14.7 Å². The Bertz CT molecular complexity index is 1380. The van der Waals surface area contributed by atoms with Crippen LogP contribution < -0.4 is 19.3 Å². The van der Waals surface area contributed by atoms with Gasteiger partial charge in [-0.2, -0.15) is 0 Å². The summed E-state index contributed by atoms with van der Waals surface area (Å²) in [5.41, 5.74) is 3.51. The molecule has 1 aliphatic heterocycles. The van der Waals surface area contributed by atoms with Gasteiger partial charge in [0, 0.05) is 25.5 Å². The highest BCUT2D eigenvalue weighted by Gasteiger charge is 2.47. The minimum absolute atomic E-state index is 0.0123. The van der Waals surface area contributed by atoms with Crippen molar-refractivity contribution < 1.29 is 24.2 Å². The molecule has 38 heavy (non-hydrogen) atoms. The molecule has 0 radical (unpaired) electrons. The Morgan fingerprint density at radius 2 is 1.53 bits per heavy atom. The predicted octanol–water partition coefficient (Wildman–Crippen LogP) is 5.69. The normalized spacial score (nSPS) is 17.0. The minimum atomic E-state index is -0.842. The molecule has 0 spiro atoms. The molecule has 1 amide bonds. The number of ketones is 1. The second-order valence-corrected chi connectivity index (χ2v) is 10.5. The number of hydrogen-bond acceptors (Lipinski definition) is 6. The first-order chi connectivity index (χ1) is 18.0. The zero-order valence-corrected chi connectivity index (χ0v) is 22.9. The number of carbonyl (C=O) groups excluding carboxylic acids is 2. The van der Waals surface area contributed by atoms with Crippen molar-refractivity contribution in [3.05, 3.63) is 89.0 Å². The highest BCUT2D eigenvalue weighted by atomic mass is 16.5. The molecule has 0 bridgehead atoms. The summed E-state index contributed by atoms with van der Waals surface area (Å²) < 4.78 is 10.8. The van der Waals surface area contributed by atoms with Gasteiger partial charge in [-0.1, -0.05) is 45.0 Å². The van der Waals surface area contributed by atoms with Gasteiger partial charge in [-0.3, -0.25) is 14.5 Å². The molecule has 198 valence electrons. The number of Topliss-reactive ketones (excluding diaryl/α,β-unsaturated/α-hetero) is 1. The molecule has 0 saturated carbocycles. The summed E-state index contributed by atoms with van der Waals surface area (Å²) in [7, 11) is 6.85. The molecular weight excluding hydrogens is 480 g/mol. The van der Waals surface area contributed by atoms with Gasteiger partial charge >= 0.3 is 0 Å². The maximum atomic E-state index is 13.6. The largest absolute Gasteiger partial charge is 0.507 e. The van der Waals surface area contributed by atoms with Crippen LogP contribution in [0.5, 0.6) is 11.5 Å². The third kappa shape index (κ3) is 4.84. The number of aliphatic hydroxyl groups is 1. The molecule has 1 heterocycles. The molecular formula is C31H34N2O5. The fraction of sp³-hybridized carbons (Fsp3) is 0.290. The Kier molecular flexibility index (Phi) is 7.22. The van der Waals surface area contributed by atoms with E-state index in [1.54, 1.807) is 18.2 Å². The van der Waals surface area contributed by atoms with Crippen molar-refractivity contribution in [2.75, 3.05) is 38.1 Å². The number of rotatable bonds is 6. The summed E-state index contributed by atoms with van der Waals surface area (Å²) in [4.78, 5) is 30.5. The Hall–Kier alpha value is -4.26. The van der Waals surface area contributed by atoms with Crippen molar-refractivity contribution in [1.29, 1.82) is 0 Å². The van der Waals surface area contributed by atoms with Crippen LogP contribution in [0.15, 0.2) is 72.3 Å². The maximum absolute atomic E-state index is 13.6. The summed E-state index contributed by atoms with van der Waals surface area (Å²) in [6, 6.07) is 19.3. The second-order valence-electron chi connectivity index (χ2n) is 10.5. The van der Waals surface area contributed by atoms with Gasteiger partial charge < -0.3 is 19.5 Å². The number of ether oxygens (including phenoxy) is 2. The monoisotopic (exact) mass is 514 g/mol. The second kappa shape index (κ2) is 10.2. The van der Waals surface area contributed by atoms with E-state index in [0.29, 0.717) is 22.7 Å². The fourth-order valence-electron chi connectivity index (χ4n) is 4.64. The van der Waals surface area contributed by atoms with Gasteiger partial charge in [0.2, 0.25) is 0 Å². The molecule has 4 rings (SSSR count). The van der Waals surface area contributed by atoms with Crippen LogP contribution in [-0.2, 0) is 15.0 Å². The number of nitrogens with zero attached hydrogens (tertiary/aromatic N) is 2. The molecule has 1 aliphatic rings. The number of hydrogen-bond donors (Lipinski definition) is 1. The van der Waals surface area contributed by atoms with Crippen molar-refractivity contribution >= 4 is 28.8 Å². The number of aliphatic hydroxyl groups excluding tert-OH is 1. The van der Waals surface area contributed by atoms with Gasteiger partial charge in [-0.25, -0.2) is 0 Å². The van der Waals surface area contributed by atoms with Crippen LogP contribution in [0, 0.1) is 0 Å². The minimum Gasteiger partial charge on any atom is -0.507 e. The molecule has 7 nitrogen and oxygen atoms in total. The highest BCUT2D eigenvalue weighted by molar-refractivity contribution is 6.51.